The average Bonchev–Trinajstić information content (AvgIpc) is 2.51. The van der Waals surface area contributed by atoms with Crippen molar-refractivity contribution in [2.45, 2.75) is 39.5 Å². The normalized spacial score (nSPS) is 16.5. The van der Waals surface area contributed by atoms with Crippen LogP contribution in [0.25, 0.3) is 0 Å². The van der Waals surface area contributed by atoms with Crippen molar-refractivity contribution in [3.8, 4) is 0 Å². The summed E-state index contributed by atoms with van der Waals surface area (Å²) in [6, 6.07) is 6.34. The van der Waals surface area contributed by atoms with Gasteiger partial charge in [-0.15, -0.1) is 0 Å². The first-order valence-corrected chi connectivity index (χ1v) is 6.65. The molecule has 0 fully saturated rings. The number of hydrogen-bond acceptors (Lipinski definition) is 1. The summed E-state index contributed by atoms with van der Waals surface area (Å²) in [5.41, 5.74) is 5.62. The Hall–Kier alpha value is -1.70. The Balaban J connectivity index is 2.41. The van der Waals surface area contributed by atoms with Gasteiger partial charge in [0.1, 0.15) is 7.05 Å². The molecule has 0 unspecified atom stereocenters. The maximum atomic E-state index is 11.8. The van der Waals surface area contributed by atoms with Gasteiger partial charge in [0.2, 0.25) is 5.69 Å². The number of rotatable bonds is 3. The van der Waals surface area contributed by atoms with Crippen LogP contribution in [0.5, 0.6) is 0 Å². The summed E-state index contributed by atoms with van der Waals surface area (Å²) in [7, 11) is 2.10. The van der Waals surface area contributed by atoms with Crippen molar-refractivity contribution in [2.75, 3.05) is 7.05 Å². The third-order valence-corrected chi connectivity index (χ3v) is 4.34. The molecule has 0 N–H and O–H groups in total. The van der Waals surface area contributed by atoms with E-state index in [1.807, 2.05) is 6.07 Å². The molecule has 0 radical (unpaired) electrons. The smallest absolute Gasteiger partial charge is 0.209 e. The number of Topliss-reactive ketones (excluding diaryl/α,β-unsaturated/α-hetero) is 1. The van der Waals surface area contributed by atoms with Crippen LogP contribution in [-0.2, 0) is 16.6 Å². The lowest BCUT2D eigenvalue weighted by Crippen LogP contribution is -2.25. The van der Waals surface area contributed by atoms with Crippen molar-refractivity contribution in [2.24, 2.45) is 0 Å². The lowest BCUT2D eigenvalue weighted by atomic mass is 9.81. The molecule has 1 aliphatic heterocycles. The number of carbonyl (C=O) groups excluding carboxylic acids is 1. The zero-order valence-corrected chi connectivity index (χ0v) is 12.5. The van der Waals surface area contributed by atoms with Crippen LogP contribution < -0.4 is 0 Å². The van der Waals surface area contributed by atoms with Gasteiger partial charge in [0.25, 0.3) is 0 Å². The topological polar surface area (TPSA) is 20.1 Å². The molecule has 1 aromatic rings. The zero-order valence-electron chi connectivity index (χ0n) is 12.5. The van der Waals surface area contributed by atoms with Crippen LogP contribution in [0.15, 0.2) is 30.4 Å². The molecule has 0 aliphatic carbocycles. The number of carbonyl (C=O) groups is 1. The molecule has 0 bridgehead atoms. The Morgan fingerprint density at radius 3 is 2.58 bits per heavy atom. The average molecular weight is 256 g/mol. The van der Waals surface area contributed by atoms with Crippen LogP contribution in [0.3, 0.4) is 0 Å². The van der Waals surface area contributed by atoms with Gasteiger partial charge in [-0.1, -0.05) is 12.6 Å². The summed E-state index contributed by atoms with van der Waals surface area (Å²) < 4.78 is 2.24. The fourth-order valence-corrected chi connectivity index (χ4v) is 2.62. The van der Waals surface area contributed by atoms with Crippen molar-refractivity contribution < 1.29 is 9.37 Å². The number of allylic oxidation sites excluding steroid dienone is 1. The highest BCUT2D eigenvalue weighted by Crippen LogP contribution is 2.39. The van der Waals surface area contributed by atoms with E-state index in [0.29, 0.717) is 12.0 Å². The predicted octanol–water partition coefficient (Wildman–Crippen LogP) is 3.40. The van der Waals surface area contributed by atoms with Gasteiger partial charge < -0.3 is 0 Å². The largest absolute Gasteiger partial charge is 0.294 e. The molecule has 0 atom stereocenters. The molecular formula is C17H22NO+. The third kappa shape index (κ3) is 2.16. The van der Waals surface area contributed by atoms with Crippen LogP contribution in [0.2, 0.25) is 0 Å². The van der Waals surface area contributed by atoms with Crippen molar-refractivity contribution in [3.05, 3.63) is 41.5 Å². The molecule has 2 rings (SSSR count). The molecule has 0 amide bonds. The number of nitrogens with zero attached hydrogens (tertiary/aromatic N) is 1. The zero-order chi connectivity index (χ0) is 14.4. The van der Waals surface area contributed by atoms with Gasteiger partial charge in [-0.25, -0.2) is 4.58 Å². The second-order valence-corrected chi connectivity index (χ2v) is 6.00. The van der Waals surface area contributed by atoms with Crippen molar-refractivity contribution in [3.63, 3.8) is 0 Å². The fraction of sp³-hybridized carbons (Fsp3) is 0.412. The van der Waals surface area contributed by atoms with Gasteiger partial charge in [0.05, 0.1) is 5.41 Å². The summed E-state index contributed by atoms with van der Waals surface area (Å²) in [5.74, 6) is 0.116. The molecule has 2 nitrogen and oxygen atoms in total. The van der Waals surface area contributed by atoms with Crippen molar-refractivity contribution in [1.29, 1.82) is 0 Å². The van der Waals surface area contributed by atoms with Crippen LogP contribution in [-0.4, -0.2) is 23.1 Å². The number of benzene rings is 1. The van der Waals surface area contributed by atoms with E-state index in [1.54, 1.807) is 6.92 Å². The van der Waals surface area contributed by atoms with Gasteiger partial charge in [0, 0.05) is 25.0 Å². The van der Waals surface area contributed by atoms with Gasteiger partial charge in [-0.3, -0.25) is 4.79 Å². The highest BCUT2D eigenvalue weighted by atomic mass is 16.1. The first kappa shape index (κ1) is 13.7. The van der Waals surface area contributed by atoms with E-state index in [-0.39, 0.29) is 11.2 Å². The summed E-state index contributed by atoms with van der Waals surface area (Å²) in [6.45, 7) is 12.1. The third-order valence-electron chi connectivity index (χ3n) is 4.34. The summed E-state index contributed by atoms with van der Waals surface area (Å²) in [6.07, 6.45) is 0.446. The SMILES string of the molecule is C=C(C)C(=O)Cc1ccc2c(c1)C(C)(C)C(C)=[N+]2C. The monoisotopic (exact) mass is 256 g/mol. The molecule has 100 valence electrons. The van der Waals surface area contributed by atoms with Gasteiger partial charge in [-0.05, 0) is 38.0 Å². The lowest BCUT2D eigenvalue weighted by molar-refractivity contribution is -0.403. The summed E-state index contributed by atoms with van der Waals surface area (Å²) >= 11 is 0. The van der Waals surface area contributed by atoms with Crippen LogP contribution in [0, 0.1) is 0 Å². The van der Waals surface area contributed by atoms with Crippen molar-refractivity contribution >= 4 is 17.2 Å². The highest BCUT2D eigenvalue weighted by molar-refractivity contribution is 5.96. The first-order valence-electron chi connectivity index (χ1n) is 6.65. The predicted molar refractivity (Wildman–Crippen MR) is 79.5 cm³/mol. The van der Waals surface area contributed by atoms with Crippen molar-refractivity contribution in [1.82, 2.24) is 0 Å². The van der Waals surface area contributed by atoms with Gasteiger partial charge in [-0.2, -0.15) is 0 Å². The molecule has 19 heavy (non-hydrogen) atoms. The minimum atomic E-state index is 0.0341. The van der Waals surface area contributed by atoms with E-state index in [2.05, 4.69) is 51.1 Å². The molecule has 0 saturated carbocycles. The minimum absolute atomic E-state index is 0.0341. The van der Waals surface area contributed by atoms with E-state index < -0.39 is 0 Å². The second-order valence-electron chi connectivity index (χ2n) is 6.00. The van der Waals surface area contributed by atoms with E-state index in [4.69, 9.17) is 0 Å². The quantitative estimate of drug-likeness (QED) is 0.599. The molecule has 1 heterocycles. The number of hydrogen-bond donors (Lipinski definition) is 0. The Morgan fingerprint density at radius 2 is 2.00 bits per heavy atom. The molecule has 1 aliphatic rings. The Morgan fingerprint density at radius 1 is 1.37 bits per heavy atom. The Labute approximate surface area is 115 Å². The molecule has 0 aromatic heterocycles. The Kier molecular flexibility index (Phi) is 3.21. The molecule has 0 saturated heterocycles. The maximum Gasteiger partial charge on any atom is 0.209 e. The van der Waals surface area contributed by atoms with Crippen LogP contribution in [0.1, 0.15) is 38.8 Å². The highest BCUT2D eigenvalue weighted by Gasteiger charge is 2.41. The molecule has 2 heteroatoms. The lowest BCUT2D eigenvalue weighted by Gasteiger charge is -2.15. The fourth-order valence-electron chi connectivity index (χ4n) is 2.62. The number of fused-ring (bicyclic) bond motifs is 1. The molecular weight excluding hydrogens is 234 g/mol. The molecule has 0 spiro atoms. The van der Waals surface area contributed by atoms with Crippen LogP contribution in [0.4, 0.5) is 5.69 Å². The van der Waals surface area contributed by atoms with E-state index in [9.17, 15) is 4.79 Å². The standard InChI is InChI=1S/C17H22NO/c1-11(2)16(19)10-13-7-8-15-14(9-13)17(4,5)12(3)18(15)6/h7-9H,1,10H2,2-6H3/q+1. The van der Waals surface area contributed by atoms with Crippen LogP contribution >= 0.6 is 0 Å². The minimum Gasteiger partial charge on any atom is -0.294 e. The summed E-state index contributed by atoms with van der Waals surface area (Å²) in [4.78, 5) is 11.8. The number of ketones is 1. The van der Waals surface area contributed by atoms with E-state index >= 15 is 0 Å². The molecule has 1 aromatic carbocycles. The Bertz CT molecular complexity index is 606. The van der Waals surface area contributed by atoms with E-state index in [0.717, 1.165) is 5.56 Å². The second kappa shape index (κ2) is 4.44. The van der Waals surface area contributed by atoms with Gasteiger partial charge >= 0.3 is 0 Å². The van der Waals surface area contributed by atoms with E-state index in [1.165, 1.54) is 17.0 Å². The summed E-state index contributed by atoms with van der Waals surface area (Å²) in [5, 5.41) is 0. The first-order chi connectivity index (χ1) is 8.75. The maximum absolute atomic E-state index is 11.8. The van der Waals surface area contributed by atoms with Gasteiger partial charge in [0.15, 0.2) is 11.5 Å².